The highest BCUT2D eigenvalue weighted by atomic mass is 32.2. The highest BCUT2D eigenvalue weighted by Crippen LogP contribution is 2.25. The van der Waals surface area contributed by atoms with Crippen LogP contribution in [0.3, 0.4) is 0 Å². The Labute approximate surface area is 126 Å². The fraction of sp³-hybridized carbons (Fsp3) is 0.769. The zero-order valence-electron chi connectivity index (χ0n) is 12.7. The summed E-state index contributed by atoms with van der Waals surface area (Å²) in [5.41, 5.74) is 5.78. The third-order valence-electron chi connectivity index (χ3n) is 3.63. The fourth-order valence-electron chi connectivity index (χ4n) is 2.57. The minimum Gasteiger partial charge on any atom is -0.381 e. The predicted molar refractivity (Wildman–Crippen MR) is 80.3 cm³/mol. The molecular formula is C13H24N4O3S. The Kier molecular flexibility index (Phi) is 5.23. The Morgan fingerprint density at radius 2 is 2.05 bits per heavy atom. The summed E-state index contributed by atoms with van der Waals surface area (Å²) >= 11 is 0. The molecule has 2 N–H and O–H groups in total. The lowest BCUT2D eigenvalue weighted by Crippen LogP contribution is -2.40. The number of ether oxygens (including phenoxy) is 1. The van der Waals surface area contributed by atoms with E-state index < -0.39 is 10.0 Å². The summed E-state index contributed by atoms with van der Waals surface area (Å²) in [6.45, 7) is 6.20. The number of nitrogen functional groups attached to an aromatic ring is 1. The number of nitrogens with two attached hydrogens (primary N) is 1. The Morgan fingerprint density at radius 3 is 2.62 bits per heavy atom. The van der Waals surface area contributed by atoms with E-state index in [0.29, 0.717) is 26.2 Å². The number of aryl methyl sites for hydroxylation is 1. The molecule has 0 atom stereocenters. The molecule has 21 heavy (non-hydrogen) atoms. The van der Waals surface area contributed by atoms with Gasteiger partial charge in [-0.1, -0.05) is 6.92 Å². The van der Waals surface area contributed by atoms with Crippen molar-refractivity contribution in [2.24, 2.45) is 0 Å². The van der Waals surface area contributed by atoms with Crippen molar-refractivity contribution in [3.63, 3.8) is 0 Å². The Hall–Kier alpha value is -1.12. The van der Waals surface area contributed by atoms with E-state index in [9.17, 15) is 8.42 Å². The quantitative estimate of drug-likeness (QED) is 0.847. The summed E-state index contributed by atoms with van der Waals surface area (Å²) in [4.78, 5) is 0.116. The summed E-state index contributed by atoms with van der Waals surface area (Å²) in [7, 11) is -3.56. The van der Waals surface area contributed by atoms with E-state index in [2.05, 4.69) is 5.10 Å². The highest BCUT2D eigenvalue weighted by Gasteiger charge is 2.32. The van der Waals surface area contributed by atoms with Crippen molar-refractivity contribution in [3.05, 3.63) is 6.20 Å². The maximum absolute atomic E-state index is 12.6. The Morgan fingerprint density at radius 1 is 1.38 bits per heavy atom. The highest BCUT2D eigenvalue weighted by molar-refractivity contribution is 7.89. The van der Waals surface area contributed by atoms with E-state index in [1.165, 1.54) is 10.5 Å². The van der Waals surface area contributed by atoms with Crippen LogP contribution in [-0.4, -0.2) is 48.3 Å². The van der Waals surface area contributed by atoms with Crippen LogP contribution >= 0.6 is 0 Å². The van der Waals surface area contributed by atoms with Crippen LogP contribution in [0.15, 0.2) is 11.1 Å². The molecule has 0 amide bonds. The van der Waals surface area contributed by atoms with E-state index in [0.717, 1.165) is 19.3 Å². The van der Waals surface area contributed by atoms with E-state index in [-0.39, 0.29) is 16.8 Å². The summed E-state index contributed by atoms with van der Waals surface area (Å²) in [6, 6.07) is 0. The zero-order valence-corrected chi connectivity index (χ0v) is 13.5. The van der Waals surface area contributed by atoms with Crippen molar-refractivity contribution in [2.75, 3.05) is 25.4 Å². The third kappa shape index (κ3) is 3.56. The van der Waals surface area contributed by atoms with Gasteiger partial charge in [0.05, 0.1) is 6.10 Å². The molecule has 1 aliphatic rings. The van der Waals surface area contributed by atoms with Gasteiger partial charge in [-0.3, -0.25) is 4.68 Å². The lowest BCUT2D eigenvalue weighted by Gasteiger charge is -2.30. The molecule has 120 valence electrons. The first kappa shape index (κ1) is 16.3. The molecule has 0 aliphatic carbocycles. The number of piperidine rings is 1. The van der Waals surface area contributed by atoms with Gasteiger partial charge in [0.15, 0.2) is 5.82 Å². The van der Waals surface area contributed by atoms with Crippen LogP contribution in [0, 0.1) is 0 Å². The number of hydrogen-bond donors (Lipinski definition) is 1. The van der Waals surface area contributed by atoms with Gasteiger partial charge < -0.3 is 10.5 Å². The van der Waals surface area contributed by atoms with E-state index in [1.807, 2.05) is 13.8 Å². The first-order chi connectivity index (χ1) is 9.98. The fourth-order valence-corrected chi connectivity index (χ4v) is 4.10. The van der Waals surface area contributed by atoms with Crippen LogP contribution < -0.4 is 5.73 Å². The second kappa shape index (κ2) is 6.76. The van der Waals surface area contributed by atoms with Crippen LogP contribution in [0.2, 0.25) is 0 Å². The normalized spacial score (nSPS) is 18.2. The Balaban J connectivity index is 2.12. The number of aromatic nitrogens is 2. The largest absolute Gasteiger partial charge is 0.381 e. The first-order valence-electron chi connectivity index (χ1n) is 7.43. The van der Waals surface area contributed by atoms with Crippen molar-refractivity contribution < 1.29 is 13.2 Å². The van der Waals surface area contributed by atoms with Crippen LogP contribution in [0.25, 0.3) is 0 Å². The minimum atomic E-state index is -3.56. The lowest BCUT2D eigenvalue weighted by atomic mass is 10.1. The SMILES string of the molecule is CCCn1cc(S(=O)(=O)N2CCC(OCC)CC2)c(N)n1. The number of sulfonamides is 1. The maximum Gasteiger partial charge on any atom is 0.248 e. The lowest BCUT2D eigenvalue weighted by molar-refractivity contribution is 0.0290. The van der Waals surface area contributed by atoms with Gasteiger partial charge in [-0.2, -0.15) is 9.40 Å². The van der Waals surface area contributed by atoms with Gasteiger partial charge in [-0.15, -0.1) is 0 Å². The molecule has 1 saturated heterocycles. The standard InChI is InChI=1S/C13H24N4O3S/c1-3-7-16-10-12(13(14)15-16)21(18,19)17-8-5-11(6-9-17)20-4-2/h10-11H,3-9H2,1-2H3,(H2,14,15). The molecule has 0 radical (unpaired) electrons. The first-order valence-corrected chi connectivity index (χ1v) is 8.87. The average molecular weight is 316 g/mol. The van der Waals surface area contributed by atoms with Gasteiger partial charge in [0.1, 0.15) is 4.90 Å². The Bertz CT molecular complexity index is 562. The zero-order chi connectivity index (χ0) is 15.5. The van der Waals surface area contributed by atoms with Crippen LogP contribution in [-0.2, 0) is 21.3 Å². The van der Waals surface area contributed by atoms with Crippen molar-refractivity contribution in [1.82, 2.24) is 14.1 Å². The molecule has 8 heteroatoms. The number of hydrogen-bond acceptors (Lipinski definition) is 5. The van der Waals surface area contributed by atoms with Gasteiger partial charge in [-0.05, 0) is 26.2 Å². The minimum absolute atomic E-state index is 0.0791. The second-order valence-electron chi connectivity index (χ2n) is 5.20. The van der Waals surface area contributed by atoms with Gasteiger partial charge >= 0.3 is 0 Å². The smallest absolute Gasteiger partial charge is 0.248 e. The van der Waals surface area contributed by atoms with Crippen LogP contribution in [0.5, 0.6) is 0 Å². The van der Waals surface area contributed by atoms with Crippen molar-refractivity contribution in [2.45, 2.75) is 50.7 Å². The topological polar surface area (TPSA) is 90.5 Å². The molecule has 0 spiro atoms. The van der Waals surface area contributed by atoms with E-state index in [1.54, 1.807) is 4.68 Å². The molecule has 2 rings (SSSR count). The van der Waals surface area contributed by atoms with Gasteiger partial charge in [0.2, 0.25) is 10.0 Å². The van der Waals surface area contributed by atoms with Gasteiger partial charge in [-0.25, -0.2) is 8.42 Å². The second-order valence-corrected chi connectivity index (χ2v) is 7.11. The number of anilines is 1. The predicted octanol–water partition coefficient (Wildman–Crippen LogP) is 1.06. The average Bonchev–Trinajstić information content (AvgIpc) is 2.82. The van der Waals surface area contributed by atoms with Gasteiger partial charge in [0.25, 0.3) is 0 Å². The summed E-state index contributed by atoms with van der Waals surface area (Å²) < 4.78 is 33.9. The van der Waals surface area contributed by atoms with E-state index in [4.69, 9.17) is 10.5 Å². The number of rotatable bonds is 6. The molecule has 1 aromatic rings. The third-order valence-corrected chi connectivity index (χ3v) is 5.54. The molecule has 1 fully saturated rings. The van der Waals surface area contributed by atoms with Crippen molar-refractivity contribution in [1.29, 1.82) is 0 Å². The maximum atomic E-state index is 12.6. The molecule has 1 aromatic heterocycles. The molecule has 7 nitrogen and oxygen atoms in total. The molecule has 0 saturated carbocycles. The van der Waals surface area contributed by atoms with Crippen LogP contribution in [0.1, 0.15) is 33.1 Å². The molecule has 0 aromatic carbocycles. The molecule has 1 aliphatic heterocycles. The monoisotopic (exact) mass is 316 g/mol. The van der Waals surface area contributed by atoms with Crippen LogP contribution in [0.4, 0.5) is 5.82 Å². The number of nitrogens with zero attached hydrogens (tertiary/aromatic N) is 3. The molecular weight excluding hydrogens is 292 g/mol. The summed E-state index contributed by atoms with van der Waals surface area (Å²) in [6.07, 6.45) is 4.00. The van der Waals surface area contributed by atoms with E-state index >= 15 is 0 Å². The molecule has 0 bridgehead atoms. The molecule has 0 unspecified atom stereocenters. The van der Waals surface area contributed by atoms with Crippen molar-refractivity contribution >= 4 is 15.8 Å². The summed E-state index contributed by atoms with van der Waals surface area (Å²) in [5, 5.41) is 4.07. The molecule has 2 heterocycles. The van der Waals surface area contributed by atoms with Gasteiger partial charge in [0, 0.05) is 32.4 Å². The van der Waals surface area contributed by atoms with Crippen molar-refractivity contribution in [3.8, 4) is 0 Å². The summed E-state index contributed by atoms with van der Waals surface area (Å²) in [5.74, 6) is 0.0791.